The molecule has 5 heteroatoms. The highest BCUT2D eigenvalue weighted by Gasteiger charge is 2.28. The van der Waals surface area contributed by atoms with Crippen LogP contribution in [0.4, 0.5) is 0 Å². The van der Waals surface area contributed by atoms with E-state index in [0.29, 0.717) is 17.0 Å². The molecule has 2 atom stereocenters. The maximum absolute atomic E-state index is 11.5. The highest BCUT2D eigenvalue weighted by atomic mass is 79.9. The zero-order valence-corrected chi connectivity index (χ0v) is 12.0. The van der Waals surface area contributed by atoms with Gasteiger partial charge in [0.25, 0.3) is 0 Å². The van der Waals surface area contributed by atoms with Crippen LogP contribution < -0.4 is 0 Å². The Morgan fingerprint density at radius 1 is 1.59 bits per heavy atom. The maximum Gasteiger partial charge on any atom is 0.311 e. The topological polar surface area (TPSA) is 46.5 Å². The molecular formula is C12H14BrClO3. The van der Waals surface area contributed by atoms with E-state index < -0.39 is 18.0 Å². The van der Waals surface area contributed by atoms with Crippen molar-refractivity contribution in [2.24, 2.45) is 5.92 Å². The van der Waals surface area contributed by atoms with Crippen LogP contribution in [0.2, 0.25) is 5.02 Å². The number of ether oxygens (including phenoxy) is 1. The third-order valence-corrected chi connectivity index (χ3v) is 3.44. The van der Waals surface area contributed by atoms with Crippen molar-refractivity contribution >= 4 is 33.5 Å². The molecule has 0 fully saturated rings. The molecule has 0 saturated carbocycles. The number of benzene rings is 1. The number of carbonyl (C=O) groups is 1. The number of esters is 1. The van der Waals surface area contributed by atoms with Crippen LogP contribution in [0.5, 0.6) is 0 Å². The van der Waals surface area contributed by atoms with Crippen LogP contribution in [0.25, 0.3) is 0 Å². The first kappa shape index (κ1) is 14.5. The smallest absolute Gasteiger partial charge is 0.311 e. The molecule has 0 aromatic heterocycles. The number of rotatable bonds is 4. The van der Waals surface area contributed by atoms with E-state index >= 15 is 0 Å². The Hall–Kier alpha value is -0.580. The molecule has 0 bridgehead atoms. The molecule has 0 radical (unpaired) electrons. The van der Waals surface area contributed by atoms with Gasteiger partial charge in [0, 0.05) is 15.1 Å². The van der Waals surface area contributed by atoms with Crippen molar-refractivity contribution in [1.29, 1.82) is 0 Å². The third-order valence-electron chi connectivity index (χ3n) is 2.60. The molecule has 0 aliphatic rings. The van der Waals surface area contributed by atoms with E-state index in [1.165, 1.54) is 7.11 Å². The fourth-order valence-electron chi connectivity index (χ4n) is 1.63. The average molecular weight is 322 g/mol. The van der Waals surface area contributed by atoms with Gasteiger partial charge >= 0.3 is 5.97 Å². The predicted molar refractivity (Wildman–Crippen MR) is 69.9 cm³/mol. The zero-order chi connectivity index (χ0) is 13.0. The van der Waals surface area contributed by atoms with E-state index in [-0.39, 0.29) is 0 Å². The molecule has 0 saturated heterocycles. The summed E-state index contributed by atoms with van der Waals surface area (Å²) in [7, 11) is 1.31. The summed E-state index contributed by atoms with van der Waals surface area (Å²) >= 11 is 9.31. The normalized spacial score (nSPS) is 14.2. The molecule has 94 valence electrons. The lowest BCUT2D eigenvalue weighted by Crippen LogP contribution is -2.23. The Morgan fingerprint density at radius 3 is 2.76 bits per heavy atom. The van der Waals surface area contributed by atoms with Crippen molar-refractivity contribution in [1.82, 2.24) is 0 Å². The lowest BCUT2D eigenvalue weighted by Gasteiger charge is -2.20. The first-order valence-electron chi connectivity index (χ1n) is 5.22. The van der Waals surface area contributed by atoms with Gasteiger partial charge in [-0.2, -0.15) is 0 Å². The minimum absolute atomic E-state index is 0.433. The number of hydrogen-bond acceptors (Lipinski definition) is 3. The highest BCUT2D eigenvalue weighted by Crippen LogP contribution is 2.32. The van der Waals surface area contributed by atoms with E-state index in [1.54, 1.807) is 18.2 Å². The van der Waals surface area contributed by atoms with Crippen LogP contribution in [-0.2, 0) is 9.53 Å². The number of hydrogen-bond donors (Lipinski definition) is 1. The molecule has 1 rings (SSSR count). The summed E-state index contributed by atoms with van der Waals surface area (Å²) in [4.78, 5) is 11.5. The second-order valence-electron chi connectivity index (χ2n) is 3.65. The van der Waals surface area contributed by atoms with Gasteiger partial charge in [-0.15, -0.1) is 0 Å². The molecule has 1 aromatic carbocycles. The van der Waals surface area contributed by atoms with Gasteiger partial charge in [-0.1, -0.05) is 34.5 Å². The zero-order valence-electron chi connectivity index (χ0n) is 9.61. The van der Waals surface area contributed by atoms with Gasteiger partial charge in [0.15, 0.2) is 0 Å². The molecule has 0 aliphatic heterocycles. The van der Waals surface area contributed by atoms with Gasteiger partial charge in [0.2, 0.25) is 0 Å². The van der Waals surface area contributed by atoms with Crippen LogP contribution in [0.1, 0.15) is 25.0 Å². The molecular weight excluding hydrogens is 307 g/mol. The van der Waals surface area contributed by atoms with Crippen molar-refractivity contribution in [3.8, 4) is 0 Å². The first-order chi connectivity index (χ1) is 8.01. The van der Waals surface area contributed by atoms with Crippen LogP contribution in [-0.4, -0.2) is 18.2 Å². The number of halogens is 2. The molecule has 0 heterocycles. The summed E-state index contributed by atoms with van der Waals surface area (Å²) in [6.07, 6.45) is -0.478. The molecule has 0 spiro atoms. The lowest BCUT2D eigenvalue weighted by atomic mass is 9.93. The van der Waals surface area contributed by atoms with Crippen LogP contribution in [0.15, 0.2) is 22.7 Å². The van der Waals surface area contributed by atoms with E-state index in [4.69, 9.17) is 11.6 Å². The van der Waals surface area contributed by atoms with E-state index in [1.807, 2.05) is 6.92 Å². The van der Waals surface area contributed by atoms with Gasteiger partial charge in [-0.25, -0.2) is 0 Å². The van der Waals surface area contributed by atoms with Crippen molar-refractivity contribution in [3.63, 3.8) is 0 Å². The standard InChI is InChI=1S/C12H14BrClO3/c1-3-8(12(16)17-2)11(15)9-6-7(13)4-5-10(9)14/h4-6,8,11,15H,3H2,1-2H3. The Morgan fingerprint density at radius 2 is 2.24 bits per heavy atom. The molecule has 17 heavy (non-hydrogen) atoms. The highest BCUT2D eigenvalue weighted by molar-refractivity contribution is 9.10. The SMILES string of the molecule is CCC(C(=O)OC)C(O)c1cc(Br)ccc1Cl. The minimum Gasteiger partial charge on any atom is -0.469 e. The molecule has 0 aliphatic carbocycles. The van der Waals surface area contributed by atoms with Gasteiger partial charge in [-0.3, -0.25) is 4.79 Å². The number of aliphatic hydroxyl groups excluding tert-OH is 1. The van der Waals surface area contributed by atoms with E-state index in [2.05, 4.69) is 20.7 Å². The quantitative estimate of drug-likeness (QED) is 0.865. The third kappa shape index (κ3) is 3.44. The molecule has 1 N–H and O–H groups in total. The Balaban J connectivity index is 3.05. The Labute approximate surface area is 114 Å². The summed E-state index contributed by atoms with van der Waals surface area (Å²) < 4.78 is 5.46. The van der Waals surface area contributed by atoms with Crippen LogP contribution >= 0.6 is 27.5 Å². The largest absolute Gasteiger partial charge is 0.469 e. The lowest BCUT2D eigenvalue weighted by molar-refractivity contribution is -0.149. The molecule has 0 amide bonds. The van der Waals surface area contributed by atoms with Gasteiger partial charge in [0.1, 0.15) is 0 Å². The second kappa shape index (κ2) is 6.38. The summed E-state index contributed by atoms with van der Waals surface area (Å²) in [6.45, 7) is 1.82. The van der Waals surface area contributed by atoms with Gasteiger partial charge in [0.05, 0.1) is 19.1 Å². The summed E-state index contributed by atoms with van der Waals surface area (Å²) in [5, 5.41) is 10.6. The maximum atomic E-state index is 11.5. The van der Waals surface area contributed by atoms with E-state index in [0.717, 1.165) is 4.47 Å². The predicted octanol–water partition coefficient (Wildman–Crippen LogP) is 3.34. The molecule has 3 nitrogen and oxygen atoms in total. The number of aliphatic hydroxyl groups is 1. The fraction of sp³-hybridized carbons (Fsp3) is 0.417. The molecule has 1 aromatic rings. The van der Waals surface area contributed by atoms with E-state index in [9.17, 15) is 9.90 Å². The van der Waals surface area contributed by atoms with Crippen LogP contribution in [0, 0.1) is 5.92 Å². The first-order valence-corrected chi connectivity index (χ1v) is 6.39. The number of carbonyl (C=O) groups excluding carboxylic acids is 1. The number of methoxy groups -OCH3 is 1. The summed E-state index contributed by atoms with van der Waals surface area (Å²) in [5.41, 5.74) is 0.526. The van der Waals surface area contributed by atoms with Gasteiger partial charge in [-0.05, 0) is 24.6 Å². The van der Waals surface area contributed by atoms with Crippen molar-refractivity contribution < 1.29 is 14.6 Å². The van der Waals surface area contributed by atoms with Crippen molar-refractivity contribution in [3.05, 3.63) is 33.3 Å². The second-order valence-corrected chi connectivity index (χ2v) is 4.97. The molecule has 2 unspecified atom stereocenters. The van der Waals surface area contributed by atoms with Crippen molar-refractivity contribution in [2.45, 2.75) is 19.4 Å². The van der Waals surface area contributed by atoms with Crippen molar-refractivity contribution in [2.75, 3.05) is 7.11 Å². The Kier molecular flexibility index (Phi) is 5.43. The van der Waals surface area contributed by atoms with Crippen LogP contribution in [0.3, 0.4) is 0 Å². The van der Waals surface area contributed by atoms with Gasteiger partial charge < -0.3 is 9.84 Å². The fourth-order valence-corrected chi connectivity index (χ4v) is 2.24. The minimum atomic E-state index is -0.961. The summed E-state index contributed by atoms with van der Waals surface area (Å²) in [5.74, 6) is -1.04. The average Bonchev–Trinajstić information content (AvgIpc) is 2.32. The Bertz CT molecular complexity index is 409. The summed E-state index contributed by atoms with van der Waals surface area (Å²) in [6, 6.07) is 5.16. The monoisotopic (exact) mass is 320 g/mol.